The third-order valence-corrected chi connectivity index (χ3v) is 2.83. The van der Waals surface area contributed by atoms with Crippen LogP contribution in [0.4, 0.5) is 0 Å². The number of carbonyl (C=O) groups is 1. The number of carbonyl (C=O) groups excluding carboxylic acids is 1. The molecule has 7 nitrogen and oxygen atoms in total. The monoisotopic (exact) mass is 292 g/mol. The minimum Gasteiger partial charge on any atom is -0.467 e. The summed E-state index contributed by atoms with van der Waals surface area (Å²) < 4.78 is 10.6. The van der Waals surface area contributed by atoms with Crippen molar-refractivity contribution in [2.75, 3.05) is 13.2 Å². The highest BCUT2D eigenvalue weighted by Crippen LogP contribution is 2.07. The molecule has 7 heteroatoms. The van der Waals surface area contributed by atoms with Gasteiger partial charge in [0.05, 0.1) is 6.26 Å². The molecule has 0 saturated carbocycles. The van der Waals surface area contributed by atoms with E-state index in [2.05, 4.69) is 20.5 Å². The molecule has 21 heavy (non-hydrogen) atoms. The van der Waals surface area contributed by atoms with E-state index in [1.165, 1.54) is 0 Å². The van der Waals surface area contributed by atoms with Crippen molar-refractivity contribution in [3.63, 3.8) is 0 Å². The summed E-state index contributed by atoms with van der Waals surface area (Å²) in [5.74, 6) is 1.62. The molecule has 0 fully saturated rings. The maximum Gasteiger partial charge on any atom is 0.290 e. The summed E-state index contributed by atoms with van der Waals surface area (Å²) in [7, 11) is 0. The maximum absolute atomic E-state index is 11.8. The fourth-order valence-corrected chi connectivity index (χ4v) is 1.66. The van der Waals surface area contributed by atoms with E-state index in [9.17, 15) is 4.79 Å². The molecule has 2 heterocycles. The lowest BCUT2D eigenvalue weighted by Crippen LogP contribution is -2.26. The van der Waals surface area contributed by atoms with E-state index in [1.807, 2.05) is 26.0 Å². The summed E-state index contributed by atoms with van der Waals surface area (Å²) in [6.07, 6.45) is 2.33. The topological polar surface area (TPSA) is 93.0 Å². The molecule has 0 aliphatic carbocycles. The third kappa shape index (κ3) is 4.71. The van der Waals surface area contributed by atoms with E-state index >= 15 is 0 Å². The predicted molar refractivity (Wildman–Crippen MR) is 75.8 cm³/mol. The Labute approximate surface area is 123 Å². The van der Waals surface area contributed by atoms with E-state index in [4.69, 9.17) is 9.15 Å². The molecule has 1 amide bonds. The Hall–Kier alpha value is -2.15. The van der Waals surface area contributed by atoms with E-state index in [1.54, 1.807) is 6.26 Å². The third-order valence-electron chi connectivity index (χ3n) is 2.83. The summed E-state index contributed by atoms with van der Waals surface area (Å²) in [6.45, 7) is 5.48. The zero-order chi connectivity index (χ0) is 15.1. The summed E-state index contributed by atoms with van der Waals surface area (Å²) in [5, 5.41) is 9.41. The van der Waals surface area contributed by atoms with Gasteiger partial charge >= 0.3 is 0 Å². The molecule has 0 radical (unpaired) electrons. The average molecular weight is 292 g/mol. The van der Waals surface area contributed by atoms with E-state index < -0.39 is 0 Å². The van der Waals surface area contributed by atoms with Gasteiger partial charge in [0.1, 0.15) is 18.2 Å². The number of aromatic amines is 1. The van der Waals surface area contributed by atoms with Crippen molar-refractivity contribution in [1.82, 2.24) is 20.5 Å². The molecule has 114 valence electrons. The number of hydrogen-bond donors (Lipinski definition) is 2. The number of furan rings is 1. The Bertz CT molecular complexity index is 548. The van der Waals surface area contributed by atoms with Crippen LogP contribution in [0.5, 0.6) is 0 Å². The fourth-order valence-electron chi connectivity index (χ4n) is 1.66. The molecular formula is C14H20N4O3. The van der Waals surface area contributed by atoms with Gasteiger partial charge in [-0.25, -0.2) is 4.98 Å². The minimum absolute atomic E-state index is 0.176. The van der Waals surface area contributed by atoms with Gasteiger partial charge in [0, 0.05) is 19.1 Å². The van der Waals surface area contributed by atoms with Gasteiger partial charge in [-0.2, -0.15) is 0 Å². The van der Waals surface area contributed by atoms with Crippen LogP contribution in [0.25, 0.3) is 0 Å². The summed E-state index contributed by atoms with van der Waals surface area (Å²) in [6, 6.07) is 3.68. The van der Waals surface area contributed by atoms with Gasteiger partial charge in [-0.3, -0.25) is 9.89 Å². The van der Waals surface area contributed by atoms with Crippen molar-refractivity contribution >= 4 is 5.91 Å². The van der Waals surface area contributed by atoms with Crippen molar-refractivity contribution in [3.8, 4) is 0 Å². The first-order valence-corrected chi connectivity index (χ1v) is 6.97. The quantitative estimate of drug-likeness (QED) is 0.724. The molecule has 0 bridgehead atoms. The lowest BCUT2D eigenvalue weighted by Gasteiger charge is -2.03. The Morgan fingerprint density at radius 2 is 2.38 bits per heavy atom. The van der Waals surface area contributed by atoms with Gasteiger partial charge < -0.3 is 14.5 Å². The van der Waals surface area contributed by atoms with Crippen molar-refractivity contribution in [1.29, 1.82) is 0 Å². The predicted octanol–water partition coefficient (Wildman–Crippen LogP) is 1.86. The number of aromatic nitrogens is 3. The van der Waals surface area contributed by atoms with Crippen molar-refractivity contribution in [2.45, 2.75) is 32.8 Å². The highest BCUT2D eigenvalue weighted by Gasteiger charge is 2.13. The molecule has 0 aromatic carbocycles. The second kappa shape index (κ2) is 7.58. The van der Waals surface area contributed by atoms with Crippen LogP contribution in [0.3, 0.4) is 0 Å². The molecule has 2 N–H and O–H groups in total. The number of H-pyrrole nitrogens is 1. The van der Waals surface area contributed by atoms with Crippen LogP contribution >= 0.6 is 0 Å². The van der Waals surface area contributed by atoms with Gasteiger partial charge in [-0.15, -0.1) is 5.10 Å². The average Bonchev–Trinajstić information content (AvgIpc) is 3.13. The minimum atomic E-state index is -0.274. The molecule has 0 atom stereocenters. The smallest absolute Gasteiger partial charge is 0.290 e. The van der Waals surface area contributed by atoms with Crippen molar-refractivity contribution < 1.29 is 13.9 Å². The van der Waals surface area contributed by atoms with Crippen LogP contribution < -0.4 is 5.32 Å². The summed E-state index contributed by atoms with van der Waals surface area (Å²) in [5.41, 5.74) is 0. The Kier molecular flexibility index (Phi) is 5.51. The van der Waals surface area contributed by atoms with Gasteiger partial charge in [0.25, 0.3) is 5.91 Å². The number of ether oxygens (including phenoxy) is 1. The maximum atomic E-state index is 11.8. The number of amides is 1. The van der Waals surface area contributed by atoms with Crippen molar-refractivity contribution in [2.24, 2.45) is 0 Å². The van der Waals surface area contributed by atoms with Crippen LogP contribution in [0.1, 0.15) is 48.4 Å². The summed E-state index contributed by atoms with van der Waals surface area (Å²) >= 11 is 0. The van der Waals surface area contributed by atoms with Crippen molar-refractivity contribution in [3.05, 3.63) is 35.8 Å². The van der Waals surface area contributed by atoms with Gasteiger partial charge in [-0.1, -0.05) is 13.8 Å². The number of rotatable bonds is 8. The molecule has 0 saturated heterocycles. The number of hydrogen-bond acceptors (Lipinski definition) is 5. The summed E-state index contributed by atoms with van der Waals surface area (Å²) in [4.78, 5) is 15.9. The normalized spacial score (nSPS) is 11.0. The standard InChI is InChI=1S/C14H20N4O3/c1-10(2)12-16-13(18-17-12)14(19)15-6-4-7-20-9-11-5-3-8-21-11/h3,5,8,10H,4,6-7,9H2,1-2H3,(H,15,19)(H,16,17,18). The largest absolute Gasteiger partial charge is 0.467 e. The molecule has 2 aromatic rings. The lowest BCUT2D eigenvalue weighted by molar-refractivity contribution is 0.0909. The molecule has 0 spiro atoms. The lowest BCUT2D eigenvalue weighted by atomic mass is 10.2. The Morgan fingerprint density at radius 3 is 3.05 bits per heavy atom. The fraction of sp³-hybridized carbons (Fsp3) is 0.500. The van der Waals surface area contributed by atoms with E-state index in [0.717, 1.165) is 5.76 Å². The number of nitrogens with one attached hydrogen (secondary N) is 2. The zero-order valence-corrected chi connectivity index (χ0v) is 12.3. The molecule has 0 aliphatic rings. The number of nitrogens with zero attached hydrogens (tertiary/aromatic N) is 2. The highest BCUT2D eigenvalue weighted by atomic mass is 16.5. The second-order valence-electron chi connectivity index (χ2n) is 4.94. The van der Waals surface area contributed by atoms with E-state index in [-0.39, 0.29) is 17.6 Å². The first kappa shape index (κ1) is 15.2. The second-order valence-corrected chi connectivity index (χ2v) is 4.94. The first-order valence-electron chi connectivity index (χ1n) is 6.97. The van der Waals surface area contributed by atoms with Gasteiger partial charge in [0.2, 0.25) is 5.82 Å². The molecule has 2 aromatic heterocycles. The first-order chi connectivity index (χ1) is 10.2. The molecule has 0 aliphatic heterocycles. The SMILES string of the molecule is CC(C)c1nc(C(=O)NCCCOCc2ccco2)n[nH]1. The van der Waals surface area contributed by atoms with E-state index in [0.29, 0.717) is 32.0 Å². The highest BCUT2D eigenvalue weighted by molar-refractivity contribution is 5.90. The van der Waals surface area contributed by atoms with Crippen LogP contribution in [0, 0.1) is 0 Å². The van der Waals surface area contributed by atoms with Crippen LogP contribution in [-0.2, 0) is 11.3 Å². The van der Waals surface area contributed by atoms with Gasteiger partial charge in [0.15, 0.2) is 0 Å². The molecule has 0 unspecified atom stereocenters. The molecular weight excluding hydrogens is 272 g/mol. The Balaban J connectivity index is 1.60. The van der Waals surface area contributed by atoms with Crippen LogP contribution in [-0.4, -0.2) is 34.2 Å². The Morgan fingerprint density at radius 1 is 1.52 bits per heavy atom. The van der Waals surface area contributed by atoms with Crippen LogP contribution in [0.2, 0.25) is 0 Å². The zero-order valence-electron chi connectivity index (χ0n) is 12.3. The van der Waals surface area contributed by atoms with Gasteiger partial charge in [-0.05, 0) is 18.6 Å². The molecule has 2 rings (SSSR count). The van der Waals surface area contributed by atoms with Crippen LogP contribution in [0.15, 0.2) is 22.8 Å².